The summed E-state index contributed by atoms with van der Waals surface area (Å²) in [7, 11) is -7.47. The Morgan fingerprint density at radius 3 is 2.03 bits per heavy atom. The predicted molar refractivity (Wildman–Crippen MR) is 292 cm³/mol. The molecule has 1 atom stereocenters. The van der Waals surface area contributed by atoms with Crippen molar-refractivity contribution in [1.82, 2.24) is 5.06 Å². The zero-order valence-electron chi connectivity index (χ0n) is 44.4. The van der Waals surface area contributed by atoms with Crippen molar-refractivity contribution in [2.24, 2.45) is 0 Å². The highest BCUT2D eigenvalue weighted by Gasteiger charge is 2.44. The molecule has 0 aliphatic carbocycles. The van der Waals surface area contributed by atoms with Crippen LogP contribution in [0.4, 0.5) is 11.4 Å². The highest BCUT2D eigenvalue weighted by molar-refractivity contribution is 7.86. The Hall–Kier alpha value is -6.01. The minimum Gasteiger partial charge on any atom is -0.507 e. The Morgan fingerprint density at radius 1 is 0.792 bits per heavy atom. The SMILES string of the molecule is C=C(/C=C(/C=C/C=C1/N(CCCS(=O)(=O)O)c2ccc(S(=O)(=O)O)cc2C1(C)CCCC(=O)ON1C(=O)CCC1=O)c1cc2c(cc1O)N(CCOCCOCCOCCOCCOC)C(C)(C)C=C2C)c1ccccc1. The molecule has 0 bridgehead atoms. The third-order valence-electron chi connectivity index (χ3n) is 13.5. The number of anilines is 2. The Morgan fingerprint density at radius 2 is 1.42 bits per heavy atom. The lowest BCUT2D eigenvalue weighted by Gasteiger charge is -2.43. The molecule has 0 saturated carbocycles. The quantitative estimate of drug-likeness (QED) is 0.0250. The summed E-state index contributed by atoms with van der Waals surface area (Å²) in [6.07, 6.45) is 9.13. The molecule has 3 aromatic carbocycles. The Labute approximate surface area is 451 Å². The number of phenolic OH excluding ortho intramolecular Hbond substituents is 1. The van der Waals surface area contributed by atoms with Gasteiger partial charge in [0.1, 0.15) is 5.75 Å². The average molecular weight is 1110 g/mol. The topological polar surface area (TPSA) is 245 Å². The Kier molecular flexibility index (Phi) is 21.1. The second-order valence-electron chi connectivity index (χ2n) is 19.5. The van der Waals surface area contributed by atoms with E-state index in [9.17, 15) is 45.4 Å². The number of nitrogens with zero attached hydrogens (tertiary/aromatic N) is 3. The van der Waals surface area contributed by atoms with Gasteiger partial charge in [-0.05, 0) is 111 Å². The molecule has 0 spiro atoms. The number of imide groups is 1. The molecule has 1 saturated heterocycles. The number of carbonyl (C=O) groups is 3. The molecule has 2 amide bonds. The number of ether oxygens (including phenoxy) is 5. The van der Waals surface area contributed by atoms with Gasteiger partial charge < -0.3 is 43.4 Å². The van der Waals surface area contributed by atoms with E-state index < -0.39 is 59.6 Å². The first-order valence-electron chi connectivity index (χ1n) is 25.4. The maximum atomic E-state index is 13.0. The van der Waals surface area contributed by atoms with Crippen LogP contribution in [0.1, 0.15) is 88.5 Å². The summed E-state index contributed by atoms with van der Waals surface area (Å²) in [6, 6.07) is 17.2. The molecule has 77 heavy (non-hydrogen) atoms. The summed E-state index contributed by atoms with van der Waals surface area (Å²) in [4.78, 5) is 46.1. The maximum absolute atomic E-state index is 13.0. The highest BCUT2D eigenvalue weighted by Crippen LogP contribution is 2.52. The first kappa shape index (κ1) is 60.2. The molecule has 21 heteroatoms. The molecular formula is C56H71N3O16S2. The lowest BCUT2D eigenvalue weighted by Crippen LogP contribution is -2.46. The van der Waals surface area contributed by atoms with Gasteiger partial charge in [0.15, 0.2) is 0 Å². The van der Waals surface area contributed by atoms with Crippen LogP contribution in [0, 0.1) is 0 Å². The van der Waals surface area contributed by atoms with Gasteiger partial charge in [-0.1, -0.05) is 55.1 Å². The van der Waals surface area contributed by atoms with Crippen LogP contribution in [-0.2, 0) is 68.6 Å². The van der Waals surface area contributed by atoms with E-state index in [1.165, 1.54) is 18.2 Å². The predicted octanol–water partition coefficient (Wildman–Crippen LogP) is 7.72. The van der Waals surface area contributed by atoms with Crippen LogP contribution in [0.2, 0.25) is 0 Å². The molecule has 6 rings (SSSR count). The van der Waals surface area contributed by atoms with Crippen LogP contribution < -0.4 is 9.80 Å². The van der Waals surface area contributed by atoms with Crippen molar-refractivity contribution < 1.29 is 74.0 Å². The van der Waals surface area contributed by atoms with E-state index in [0.29, 0.717) is 105 Å². The number of hydroxylamine groups is 2. The van der Waals surface area contributed by atoms with Crippen LogP contribution in [-0.4, -0.2) is 145 Å². The molecular weight excluding hydrogens is 1030 g/mol. The number of rotatable bonds is 30. The fraction of sp³-hybridized carbons (Fsp3) is 0.446. The summed E-state index contributed by atoms with van der Waals surface area (Å²) >= 11 is 0. The van der Waals surface area contributed by atoms with Crippen molar-refractivity contribution in [2.45, 2.75) is 82.1 Å². The standard InChI is InChI=1S/C56H71N3O16S2/c1-40(42-13-8-7-9-14-42)35-43(46-37-45-41(2)39-55(3,4)58(49(45)38-50(46)60)24-25-71-28-29-73-32-33-74-31-30-72-27-26-70-6)15-10-16-51-56(5,22-11-17-54(63)75-59-52(61)20-21-53(59)62)47-36-44(77(67,68)69)18-19-48(47)57(51)23-12-34-76(64,65)66/h7-10,13-16,18-19,35-39,60H,1,11-12,17,20-34H2,2-6H3,(H,64,65,66)(H,67,68,69)/b15-10+,43-35-,51-16+. The molecule has 1 unspecified atom stereocenters. The van der Waals surface area contributed by atoms with E-state index >= 15 is 0 Å². The first-order chi connectivity index (χ1) is 36.5. The van der Waals surface area contributed by atoms with Gasteiger partial charge in [-0.2, -0.15) is 16.8 Å². The van der Waals surface area contributed by atoms with Gasteiger partial charge in [0, 0.05) is 79.1 Å². The smallest absolute Gasteiger partial charge is 0.333 e. The van der Waals surface area contributed by atoms with Crippen LogP contribution >= 0.6 is 0 Å². The molecule has 3 heterocycles. The van der Waals surface area contributed by atoms with Gasteiger partial charge >= 0.3 is 5.97 Å². The van der Waals surface area contributed by atoms with E-state index in [0.717, 1.165) is 22.4 Å². The van der Waals surface area contributed by atoms with Crippen molar-refractivity contribution in [3.05, 3.63) is 126 Å². The first-order valence-corrected chi connectivity index (χ1v) is 28.5. The van der Waals surface area contributed by atoms with Crippen LogP contribution in [0.5, 0.6) is 5.75 Å². The molecule has 1 fully saturated rings. The molecule has 0 radical (unpaired) electrons. The van der Waals surface area contributed by atoms with E-state index in [1.54, 1.807) is 36.3 Å². The summed E-state index contributed by atoms with van der Waals surface area (Å²) in [6.45, 7) is 16.9. The van der Waals surface area contributed by atoms with Crippen LogP contribution in [0.25, 0.3) is 16.7 Å². The third-order valence-corrected chi connectivity index (χ3v) is 15.1. The lowest BCUT2D eigenvalue weighted by atomic mass is 9.77. The number of allylic oxidation sites excluding steroid dienone is 8. The minimum atomic E-state index is -4.71. The molecule has 3 aliphatic rings. The second-order valence-corrected chi connectivity index (χ2v) is 22.5. The van der Waals surface area contributed by atoms with Gasteiger partial charge in [0.2, 0.25) is 0 Å². The second kappa shape index (κ2) is 27.0. The molecule has 3 N–H and O–H groups in total. The van der Waals surface area contributed by atoms with Crippen LogP contribution in [0.15, 0.2) is 108 Å². The number of methoxy groups -OCH3 is 1. The average Bonchev–Trinajstić information content (AvgIpc) is 3.83. The monoisotopic (exact) mass is 1110 g/mol. The normalized spacial score (nSPS) is 18.1. The van der Waals surface area contributed by atoms with Gasteiger partial charge in [-0.25, -0.2) is 4.79 Å². The van der Waals surface area contributed by atoms with E-state index in [-0.39, 0.29) is 50.8 Å². The Bertz CT molecular complexity index is 2950. The third kappa shape index (κ3) is 16.3. The molecule has 19 nitrogen and oxygen atoms in total. The van der Waals surface area contributed by atoms with Gasteiger partial charge in [0.25, 0.3) is 32.1 Å². The van der Waals surface area contributed by atoms with E-state index in [2.05, 4.69) is 31.4 Å². The van der Waals surface area contributed by atoms with Gasteiger partial charge in [-0.3, -0.25) is 18.7 Å². The molecule has 3 aliphatic heterocycles. The van der Waals surface area contributed by atoms with Gasteiger partial charge in [-0.15, -0.1) is 5.06 Å². The van der Waals surface area contributed by atoms with Crippen molar-refractivity contribution >= 4 is 66.1 Å². The number of amides is 2. The van der Waals surface area contributed by atoms with Crippen molar-refractivity contribution in [3.63, 3.8) is 0 Å². The Balaban J connectivity index is 1.31. The number of hydrogen-bond donors (Lipinski definition) is 3. The summed E-state index contributed by atoms with van der Waals surface area (Å²) in [5.74, 6) is -2.70. The van der Waals surface area contributed by atoms with E-state index in [1.807, 2.05) is 56.3 Å². The maximum Gasteiger partial charge on any atom is 0.333 e. The summed E-state index contributed by atoms with van der Waals surface area (Å²) in [5.41, 5.74) is 5.04. The fourth-order valence-corrected chi connectivity index (χ4v) is 10.7. The van der Waals surface area contributed by atoms with Crippen molar-refractivity contribution in [3.8, 4) is 5.75 Å². The fourth-order valence-electron chi connectivity index (χ4n) is 9.69. The number of hydrogen-bond acceptors (Lipinski definition) is 16. The van der Waals surface area contributed by atoms with Crippen molar-refractivity contribution in [2.75, 3.05) is 95.2 Å². The largest absolute Gasteiger partial charge is 0.507 e. The lowest BCUT2D eigenvalue weighted by molar-refractivity contribution is -0.197. The van der Waals surface area contributed by atoms with Crippen LogP contribution in [0.3, 0.4) is 0 Å². The van der Waals surface area contributed by atoms with Crippen molar-refractivity contribution in [1.29, 1.82) is 0 Å². The number of carbonyl (C=O) groups excluding carboxylic acids is 3. The summed E-state index contributed by atoms with van der Waals surface area (Å²) in [5, 5.41) is 12.6. The zero-order valence-corrected chi connectivity index (χ0v) is 46.0. The number of fused-ring (bicyclic) bond motifs is 2. The molecule has 3 aromatic rings. The summed E-state index contributed by atoms with van der Waals surface area (Å²) < 4.78 is 96.5. The number of aromatic hydroxyl groups is 1. The molecule has 0 aromatic heterocycles. The number of benzene rings is 3. The zero-order chi connectivity index (χ0) is 56.0. The number of phenols is 1. The van der Waals surface area contributed by atoms with Gasteiger partial charge in [0.05, 0.1) is 75.6 Å². The highest BCUT2D eigenvalue weighted by atomic mass is 32.2. The minimum absolute atomic E-state index is 0.0198. The van der Waals surface area contributed by atoms with E-state index in [4.69, 9.17) is 28.5 Å². The molecule has 418 valence electrons.